The van der Waals surface area contributed by atoms with E-state index in [9.17, 15) is 20.0 Å². The number of pyridine rings is 1. The summed E-state index contributed by atoms with van der Waals surface area (Å²) >= 11 is 0. The highest BCUT2D eigenvalue weighted by molar-refractivity contribution is 5.97. The molecule has 0 unspecified atom stereocenters. The number of aromatic amines is 1. The van der Waals surface area contributed by atoms with Gasteiger partial charge >= 0.3 is 5.69 Å². The van der Waals surface area contributed by atoms with Gasteiger partial charge in [0.1, 0.15) is 23.2 Å². The zero-order chi connectivity index (χ0) is 16.7. The zero-order valence-corrected chi connectivity index (χ0v) is 12.0. The summed E-state index contributed by atoms with van der Waals surface area (Å²) < 4.78 is 1.14. The maximum absolute atomic E-state index is 12.3. The number of nitrogens with zero attached hydrogens (tertiary/aromatic N) is 3. The number of phenols is 1. The van der Waals surface area contributed by atoms with Crippen molar-refractivity contribution in [2.24, 2.45) is 7.05 Å². The van der Waals surface area contributed by atoms with Gasteiger partial charge in [0, 0.05) is 12.6 Å². The fourth-order valence-corrected chi connectivity index (χ4v) is 2.45. The molecule has 8 nitrogen and oxygen atoms in total. The molecule has 0 bridgehead atoms. The van der Waals surface area contributed by atoms with E-state index >= 15 is 0 Å². The van der Waals surface area contributed by atoms with E-state index in [-0.39, 0.29) is 33.7 Å². The topological polar surface area (TPSA) is 138 Å². The number of anilines is 1. The molecule has 0 radical (unpaired) electrons. The number of hydrogen-bond donors (Lipinski definition) is 3. The van der Waals surface area contributed by atoms with Crippen molar-refractivity contribution in [1.82, 2.24) is 14.5 Å². The predicted octanol–water partition coefficient (Wildman–Crippen LogP) is 0.448. The normalized spacial score (nSPS) is 10.6. The van der Waals surface area contributed by atoms with Crippen molar-refractivity contribution < 1.29 is 5.11 Å². The summed E-state index contributed by atoms with van der Waals surface area (Å²) in [6, 6.07) is 7.99. The summed E-state index contributed by atoms with van der Waals surface area (Å²) in [5.41, 5.74) is 5.22. The number of nitrogens with one attached hydrogen (secondary N) is 1. The Morgan fingerprint density at radius 1 is 1.39 bits per heavy atom. The lowest BCUT2D eigenvalue weighted by molar-refractivity contribution is 0.475. The van der Waals surface area contributed by atoms with Gasteiger partial charge in [0.25, 0.3) is 5.56 Å². The second kappa shape index (κ2) is 4.99. The summed E-state index contributed by atoms with van der Waals surface area (Å²) in [6.45, 7) is 0. The Hall–Kier alpha value is -3.60. The van der Waals surface area contributed by atoms with E-state index in [0.29, 0.717) is 5.56 Å². The molecule has 0 atom stereocenters. The van der Waals surface area contributed by atoms with Gasteiger partial charge in [0.15, 0.2) is 5.65 Å². The van der Waals surface area contributed by atoms with Crippen molar-refractivity contribution >= 4 is 16.9 Å². The van der Waals surface area contributed by atoms with E-state index in [1.807, 2.05) is 6.07 Å². The zero-order valence-electron chi connectivity index (χ0n) is 12.0. The van der Waals surface area contributed by atoms with Crippen LogP contribution in [-0.4, -0.2) is 19.6 Å². The van der Waals surface area contributed by atoms with Crippen molar-refractivity contribution in [1.29, 1.82) is 5.26 Å². The molecule has 2 heterocycles. The summed E-state index contributed by atoms with van der Waals surface area (Å²) in [4.78, 5) is 30.2. The van der Waals surface area contributed by atoms with Crippen molar-refractivity contribution in [3.05, 3.63) is 50.7 Å². The Labute approximate surface area is 129 Å². The van der Waals surface area contributed by atoms with E-state index < -0.39 is 11.2 Å². The fraction of sp³-hybridized carbons (Fsp3) is 0.0667. The van der Waals surface area contributed by atoms with Crippen molar-refractivity contribution in [3.63, 3.8) is 0 Å². The number of aryl methyl sites for hydroxylation is 1. The Bertz CT molecular complexity index is 1110. The summed E-state index contributed by atoms with van der Waals surface area (Å²) in [5, 5.41) is 19.1. The number of H-pyrrole nitrogens is 1. The van der Waals surface area contributed by atoms with Gasteiger partial charge in [-0.15, -0.1) is 0 Å². The van der Waals surface area contributed by atoms with Crippen LogP contribution in [0.1, 0.15) is 5.56 Å². The number of aromatic hydroxyl groups is 1. The van der Waals surface area contributed by atoms with Crippen LogP contribution in [0.4, 0.5) is 5.82 Å². The van der Waals surface area contributed by atoms with Gasteiger partial charge in [-0.25, -0.2) is 9.78 Å². The van der Waals surface area contributed by atoms with E-state index in [2.05, 4.69) is 9.97 Å². The van der Waals surface area contributed by atoms with Crippen LogP contribution in [0.25, 0.3) is 22.2 Å². The van der Waals surface area contributed by atoms with Crippen LogP contribution >= 0.6 is 0 Å². The molecule has 3 rings (SSSR count). The van der Waals surface area contributed by atoms with Gasteiger partial charge in [0.2, 0.25) is 0 Å². The van der Waals surface area contributed by atoms with E-state index in [1.54, 1.807) is 12.1 Å². The minimum absolute atomic E-state index is 0.00671. The number of phenolic OH excluding ortho intramolecular Hbond substituents is 1. The SMILES string of the molecule is Cn1c(=O)[nH]c(=O)c2c(-c3cccc(O)c3)c(C#N)c(N)nc21. The van der Waals surface area contributed by atoms with Crippen molar-refractivity contribution in [2.75, 3.05) is 5.73 Å². The Balaban J connectivity index is 2.64. The second-order valence-electron chi connectivity index (χ2n) is 4.93. The molecular formula is C15H11N5O3. The van der Waals surface area contributed by atoms with Crippen LogP contribution < -0.4 is 17.0 Å². The number of nitrogens with two attached hydrogens (primary N) is 1. The van der Waals surface area contributed by atoms with Gasteiger partial charge < -0.3 is 10.8 Å². The van der Waals surface area contributed by atoms with Crippen molar-refractivity contribution in [2.45, 2.75) is 0 Å². The molecule has 3 aromatic rings. The smallest absolute Gasteiger partial charge is 0.329 e. The monoisotopic (exact) mass is 309 g/mol. The Morgan fingerprint density at radius 2 is 2.13 bits per heavy atom. The molecule has 0 fully saturated rings. The Kier molecular flexibility index (Phi) is 3.11. The lowest BCUT2D eigenvalue weighted by Gasteiger charge is -2.12. The number of nitrogen functional groups attached to an aromatic ring is 1. The maximum Gasteiger partial charge on any atom is 0.329 e. The molecule has 114 valence electrons. The molecule has 0 aliphatic heterocycles. The second-order valence-corrected chi connectivity index (χ2v) is 4.93. The highest BCUT2D eigenvalue weighted by atomic mass is 16.3. The quantitative estimate of drug-likeness (QED) is 0.596. The average molecular weight is 309 g/mol. The van der Waals surface area contributed by atoms with Gasteiger partial charge in [-0.2, -0.15) is 5.26 Å². The molecule has 1 aromatic carbocycles. The third-order valence-corrected chi connectivity index (χ3v) is 3.52. The van der Waals surface area contributed by atoms with Gasteiger partial charge in [-0.1, -0.05) is 12.1 Å². The third kappa shape index (κ3) is 2.11. The van der Waals surface area contributed by atoms with E-state index in [1.165, 1.54) is 19.2 Å². The molecule has 23 heavy (non-hydrogen) atoms. The largest absolute Gasteiger partial charge is 0.508 e. The Morgan fingerprint density at radius 3 is 2.78 bits per heavy atom. The van der Waals surface area contributed by atoms with E-state index in [0.717, 1.165) is 4.57 Å². The van der Waals surface area contributed by atoms with Crippen LogP contribution in [0.2, 0.25) is 0 Å². The van der Waals surface area contributed by atoms with Gasteiger partial charge in [-0.05, 0) is 17.7 Å². The lowest BCUT2D eigenvalue weighted by atomic mass is 9.98. The molecule has 0 saturated heterocycles. The molecule has 0 aliphatic rings. The average Bonchev–Trinajstić information content (AvgIpc) is 2.51. The van der Waals surface area contributed by atoms with Crippen LogP contribution in [0.15, 0.2) is 33.9 Å². The fourth-order valence-electron chi connectivity index (χ4n) is 2.45. The van der Waals surface area contributed by atoms with Crippen LogP contribution in [-0.2, 0) is 7.05 Å². The van der Waals surface area contributed by atoms with Crippen LogP contribution in [0.3, 0.4) is 0 Å². The standard InChI is InChI=1S/C15H11N5O3/c1-20-13-11(14(22)19-15(20)23)10(9(6-16)12(17)18-13)7-3-2-4-8(21)5-7/h2-5,21H,1H3,(H2,17,18)(H,19,22,23). The highest BCUT2D eigenvalue weighted by Crippen LogP contribution is 2.32. The number of nitriles is 1. The molecule has 0 aliphatic carbocycles. The number of fused-ring (bicyclic) bond motifs is 1. The summed E-state index contributed by atoms with van der Waals surface area (Å²) in [6.07, 6.45) is 0. The molecule has 2 aromatic heterocycles. The first-order valence-electron chi connectivity index (χ1n) is 6.56. The number of rotatable bonds is 1. The van der Waals surface area contributed by atoms with Gasteiger partial charge in [0.05, 0.1) is 5.39 Å². The first-order valence-corrected chi connectivity index (χ1v) is 6.56. The van der Waals surface area contributed by atoms with Crippen molar-refractivity contribution in [3.8, 4) is 22.9 Å². The van der Waals surface area contributed by atoms with Crippen LogP contribution in [0.5, 0.6) is 5.75 Å². The summed E-state index contributed by atoms with van der Waals surface area (Å²) in [7, 11) is 1.44. The molecular weight excluding hydrogens is 298 g/mol. The lowest BCUT2D eigenvalue weighted by Crippen LogP contribution is -2.29. The number of hydrogen-bond acceptors (Lipinski definition) is 6. The molecule has 0 spiro atoms. The van der Waals surface area contributed by atoms with Crippen LogP contribution in [0, 0.1) is 11.3 Å². The summed E-state index contributed by atoms with van der Waals surface area (Å²) in [5.74, 6) is -0.130. The third-order valence-electron chi connectivity index (χ3n) is 3.52. The predicted molar refractivity (Wildman–Crippen MR) is 83.8 cm³/mol. The number of aromatic nitrogens is 3. The minimum atomic E-state index is -0.676. The molecule has 8 heteroatoms. The van der Waals surface area contributed by atoms with Gasteiger partial charge in [-0.3, -0.25) is 14.3 Å². The van der Waals surface area contributed by atoms with E-state index in [4.69, 9.17) is 5.73 Å². The molecule has 0 saturated carbocycles. The number of benzene rings is 1. The highest BCUT2D eigenvalue weighted by Gasteiger charge is 2.20. The maximum atomic E-state index is 12.3. The first kappa shape index (κ1) is 14.3. The minimum Gasteiger partial charge on any atom is -0.508 e. The molecule has 4 N–H and O–H groups in total. The molecule has 0 amide bonds. The first-order chi connectivity index (χ1) is 10.9.